The highest BCUT2D eigenvalue weighted by Crippen LogP contribution is 2.32. The van der Waals surface area contributed by atoms with Crippen LogP contribution in [0.3, 0.4) is 0 Å². The first-order valence-electron chi connectivity index (χ1n) is 12.3. The molecule has 0 saturated heterocycles. The molecule has 1 aromatic rings. The molecule has 35 heavy (non-hydrogen) atoms. The average molecular weight is 508 g/mol. The van der Waals surface area contributed by atoms with Gasteiger partial charge < -0.3 is 20.1 Å². The van der Waals surface area contributed by atoms with Crippen LogP contribution in [0.15, 0.2) is 22.6 Å². The lowest BCUT2D eigenvalue weighted by Crippen LogP contribution is -2.47. The molecule has 0 fully saturated rings. The quantitative estimate of drug-likeness (QED) is 0.405. The Morgan fingerprint density at radius 1 is 1.20 bits per heavy atom. The minimum Gasteiger partial charge on any atom is -0.457 e. The maximum Gasteiger partial charge on any atom is 0.309 e. The number of allylic oxidation sites excluding steroid dienone is 1. The van der Waals surface area contributed by atoms with E-state index in [1.165, 1.54) is 11.3 Å². The number of carbonyl (C=O) groups is 2. The Morgan fingerprint density at radius 2 is 1.86 bits per heavy atom. The van der Waals surface area contributed by atoms with E-state index in [0.29, 0.717) is 19.3 Å². The predicted octanol–water partition coefficient (Wildman–Crippen LogP) is 4.24. The predicted molar refractivity (Wildman–Crippen MR) is 138 cm³/mol. The Balaban J connectivity index is 2.37. The van der Waals surface area contributed by atoms with E-state index in [1.807, 2.05) is 38.3 Å². The van der Waals surface area contributed by atoms with E-state index in [-0.39, 0.29) is 12.2 Å². The fourth-order valence-electron chi connectivity index (χ4n) is 4.36. The number of nitrogens with zero attached hydrogens (tertiary/aromatic N) is 1. The van der Waals surface area contributed by atoms with Gasteiger partial charge in [-0.15, -0.1) is 11.3 Å². The lowest BCUT2D eigenvalue weighted by Gasteiger charge is -2.35. The minimum absolute atomic E-state index is 0.345. The van der Waals surface area contributed by atoms with Gasteiger partial charge in [0.05, 0.1) is 40.8 Å². The maximum atomic E-state index is 13.2. The number of carbonyl (C=O) groups excluding carboxylic acids is 2. The van der Waals surface area contributed by atoms with Crippen LogP contribution in [0, 0.1) is 24.2 Å². The number of hydrogen-bond donors (Lipinski definition) is 3. The number of Topliss-reactive ketones (excluding diaryl/α,β-unsaturated/α-hetero) is 1. The lowest BCUT2D eigenvalue weighted by molar-refractivity contribution is -0.154. The summed E-state index contributed by atoms with van der Waals surface area (Å²) in [5.41, 5.74) is 1.37. The molecule has 1 aliphatic heterocycles. The highest BCUT2D eigenvalue weighted by Gasteiger charge is 2.43. The number of cyclic esters (lactones) is 1. The summed E-state index contributed by atoms with van der Waals surface area (Å²) in [5, 5.41) is 35.2. The second-order valence-electron chi connectivity index (χ2n) is 10.5. The summed E-state index contributed by atoms with van der Waals surface area (Å²) in [6.07, 6.45) is 1.33. The molecule has 0 aliphatic carbocycles. The summed E-state index contributed by atoms with van der Waals surface area (Å²) in [7, 11) is 0. The number of aryl methyl sites for hydroxylation is 1. The zero-order valence-corrected chi connectivity index (χ0v) is 22.8. The Labute approximate surface area is 212 Å². The van der Waals surface area contributed by atoms with E-state index in [1.54, 1.807) is 27.7 Å². The van der Waals surface area contributed by atoms with Gasteiger partial charge in [0.2, 0.25) is 0 Å². The third-order valence-corrected chi connectivity index (χ3v) is 8.00. The van der Waals surface area contributed by atoms with Crippen molar-refractivity contribution >= 4 is 29.2 Å². The number of thiazole rings is 1. The average Bonchev–Trinajstić information content (AvgIpc) is 3.21. The maximum absolute atomic E-state index is 13.2. The molecule has 0 spiro atoms. The smallest absolute Gasteiger partial charge is 0.309 e. The third-order valence-electron chi connectivity index (χ3n) is 7.21. The number of aliphatic hydroxyl groups excluding tert-OH is 3. The van der Waals surface area contributed by atoms with E-state index in [4.69, 9.17) is 4.74 Å². The van der Waals surface area contributed by atoms with Crippen LogP contribution in [-0.2, 0) is 14.3 Å². The van der Waals surface area contributed by atoms with Gasteiger partial charge in [0, 0.05) is 23.6 Å². The third kappa shape index (κ3) is 7.81. The van der Waals surface area contributed by atoms with Crippen molar-refractivity contribution in [1.29, 1.82) is 0 Å². The molecule has 3 N–H and O–H groups in total. The van der Waals surface area contributed by atoms with Gasteiger partial charge in [-0.2, -0.15) is 0 Å². The van der Waals surface area contributed by atoms with Crippen molar-refractivity contribution in [2.75, 3.05) is 0 Å². The monoisotopic (exact) mass is 507 g/mol. The summed E-state index contributed by atoms with van der Waals surface area (Å²) in [5.74, 6) is -2.30. The first kappa shape index (κ1) is 29.4. The molecule has 196 valence electrons. The van der Waals surface area contributed by atoms with Gasteiger partial charge in [-0.1, -0.05) is 39.3 Å². The molecule has 1 unspecified atom stereocenters. The van der Waals surface area contributed by atoms with Crippen molar-refractivity contribution in [3.8, 4) is 0 Å². The minimum atomic E-state index is -1.28. The molecule has 0 saturated carbocycles. The van der Waals surface area contributed by atoms with Crippen molar-refractivity contribution in [2.45, 2.75) is 98.6 Å². The second-order valence-corrected chi connectivity index (χ2v) is 11.6. The van der Waals surface area contributed by atoms with Crippen LogP contribution in [0.2, 0.25) is 0 Å². The van der Waals surface area contributed by atoms with Crippen molar-refractivity contribution in [3.05, 3.63) is 33.3 Å². The molecule has 0 amide bonds. The molecule has 1 aliphatic rings. The van der Waals surface area contributed by atoms with Crippen LogP contribution in [0.25, 0.3) is 6.08 Å². The van der Waals surface area contributed by atoms with Gasteiger partial charge in [-0.3, -0.25) is 9.59 Å². The van der Waals surface area contributed by atoms with Gasteiger partial charge in [0.1, 0.15) is 11.9 Å². The number of aromatic nitrogens is 1. The molecule has 0 bridgehead atoms. The zero-order valence-electron chi connectivity index (χ0n) is 21.9. The first-order chi connectivity index (χ1) is 16.2. The van der Waals surface area contributed by atoms with Crippen LogP contribution in [-0.4, -0.2) is 56.5 Å². The molecule has 7 nitrogen and oxygen atoms in total. The van der Waals surface area contributed by atoms with Crippen molar-refractivity contribution < 1.29 is 29.6 Å². The van der Waals surface area contributed by atoms with Gasteiger partial charge in [0.15, 0.2) is 0 Å². The van der Waals surface area contributed by atoms with Crippen molar-refractivity contribution in [2.24, 2.45) is 17.3 Å². The fourth-order valence-corrected chi connectivity index (χ4v) is 4.93. The number of ketones is 1. The van der Waals surface area contributed by atoms with E-state index < -0.39 is 47.6 Å². The number of ether oxygens (including phenoxy) is 1. The Morgan fingerprint density at radius 3 is 2.46 bits per heavy atom. The Kier molecular flexibility index (Phi) is 10.4. The van der Waals surface area contributed by atoms with Crippen LogP contribution < -0.4 is 0 Å². The largest absolute Gasteiger partial charge is 0.457 e. The molecular formula is C27H41NO6S. The van der Waals surface area contributed by atoms with E-state index in [0.717, 1.165) is 21.8 Å². The Hall–Kier alpha value is -1.87. The van der Waals surface area contributed by atoms with Crippen LogP contribution in [0.4, 0.5) is 0 Å². The molecule has 1 aromatic heterocycles. The van der Waals surface area contributed by atoms with Gasteiger partial charge in [-0.25, -0.2) is 4.98 Å². The SMILES string of the molecule is C/C1=C/C[C@H](/C(C)=C/c2csc(C)n2)OC(=O)C[C@H](O)C(C)(C)C(=O)[C@H](C)[C@H](O)[C@H](C)C(O)CC1. The van der Waals surface area contributed by atoms with E-state index >= 15 is 0 Å². The summed E-state index contributed by atoms with van der Waals surface area (Å²) in [6, 6.07) is 0. The molecule has 0 aromatic carbocycles. The summed E-state index contributed by atoms with van der Waals surface area (Å²) < 4.78 is 5.78. The summed E-state index contributed by atoms with van der Waals surface area (Å²) in [6.45, 7) is 12.2. The standard InChI is InChI=1S/C27H41NO6S/c1-15-8-10-21(29)17(3)25(32)18(4)26(33)27(6,7)23(30)13-24(31)34-22(11-9-15)16(2)12-20-14-35-19(5)28-20/h9,12,14,17-18,21-23,25,29-30,32H,8,10-11,13H2,1-7H3/b15-9-,16-12+/t17-,18-,21?,22-,23+,25-/m1/s1. The van der Waals surface area contributed by atoms with E-state index in [9.17, 15) is 24.9 Å². The Bertz CT molecular complexity index is 949. The summed E-state index contributed by atoms with van der Waals surface area (Å²) >= 11 is 1.54. The summed E-state index contributed by atoms with van der Waals surface area (Å²) in [4.78, 5) is 30.5. The number of esters is 1. The fraction of sp³-hybridized carbons (Fsp3) is 0.667. The zero-order chi connectivity index (χ0) is 26.5. The second kappa shape index (κ2) is 12.4. The topological polar surface area (TPSA) is 117 Å². The lowest BCUT2D eigenvalue weighted by atomic mass is 9.72. The van der Waals surface area contributed by atoms with Gasteiger partial charge in [0.25, 0.3) is 0 Å². The molecule has 0 radical (unpaired) electrons. The van der Waals surface area contributed by atoms with Crippen molar-refractivity contribution in [1.82, 2.24) is 4.98 Å². The van der Waals surface area contributed by atoms with Crippen molar-refractivity contribution in [3.63, 3.8) is 0 Å². The molecular weight excluding hydrogens is 466 g/mol. The van der Waals surface area contributed by atoms with Crippen LogP contribution in [0.5, 0.6) is 0 Å². The highest BCUT2D eigenvalue weighted by atomic mass is 32.1. The number of aliphatic hydroxyl groups is 3. The van der Waals surface area contributed by atoms with Gasteiger partial charge in [-0.05, 0) is 45.3 Å². The normalized spacial score (nSPS) is 33.7. The van der Waals surface area contributed by atoms with Gasteiger partial charge >= 0.3 is 5.97 Å². The number of hydrogen-bond acceptors (Lipinski definition) is 8. The van der Waals surface area contributed by atoms with Crippen LogP contribution in [0.1, 0.15) is 77.9 Å². The molecule has 2 heterocycles. The van der Waals surface area contributed by atoms with Crippen LogP contribution >= 0.6 is 11.3 Å². The molecule has 2 rings (SSSR count). The molecule has 8 heteroatoms. The van der Waals surface area contributed by atoms with E-state index in [2.05, 4.69) is 4.98 Å². The highest BCUT2D eigenvalue weighted by molar-refractivity contribution is 7.09. The first-order valence-corrected chi connectivity index (χ1v) is 13.2. The number of rotatable bonds is 2. The molecule has 6 atom stereocenters.